The zero-order valence-electron chi connectivity index (χ0n) is 22.5. The number of benzene rings is 2. The van der Waals surface area contributed by atoms with E-state index in [4.69, 9.17) is 27.9 Å². The van der Waals surface area contributed by atoms with Crippen molar-refractivity contribution in [3.63, 3.8) is 0 Å². The van der Waals surface area contributed by atoms with Crippen molar-refractivity contribution >= 4 is 46.9 Å². The highest BCUT2D eigenvalue weighted by Crippen LogP contribution is 2.54. The number of anilines is 1. The molecule has 1 aliphatic carbocycles. The molecule has 7 nitrogen and oxygen atoms in total. The van der Waals surface area contributed by atoms with E-state index in [2.05, 4.69) is 17.0 Å². The van der Waals surface area contributed by atoms with Crippen molar-refractivity contribution in [3.8, 4) is 11.5 Å². The number of aromatic hydroxyl groups is 1. The van der Waals surface area contributed by atoms with E-state index in [0.717, 1.165) is 5.01 Å². The van der Waals surface area contributed by atoms with Crippen LogP contribution in [0.3, 0.4) is 0 Å². The summed E-state index contributed by atoms with van der Waals surface area (Å²) in [6, 6.07) is 12.0. The molecule has 0 unspecified atom stereocenters. The van der Waals surface area contributed by atoms with Crippen LogP contribution in [0.15, 0.2) is 85.1 Å². The molecule has 1 aromatic heterocycles. The number of nitrogens with one attached hydrogen (secondary N) is 1. The monoisotopic (exact) mass is 629 g/mol. The second kappa shape index (κ2) is 11.4. The molecule has 1 aliphatic heterocycles. The van der Waals surface area contributed by atoms with Gasteiger partial charge in [-0.15, -0.1) is 0 Å². The highest BCUT2D eigenvalue weighted by atomic mass is 35.5. The highest BCUT2D eigenvalue weighted by molar-refractivity contribution is 6.33. The molecule has 2 aliphatic rings. The Morgan fingerprint density at radius 2 is 1.88 bits per heavy atom. The Labute approximate surface area is 254 Å². The van der Waals surface area contributed by atoms with Crippen LogP contribution in [0.25, 0.3) is 6.08 Å². The van der Waals surface area contributed by atoms with E-state index >= 15 is 0 Å². The summed E-state index contributed by atoms with van der Waals surface area (Å²) in [5, 5.41) is 10.8. The molecule has 0 bridgehead atoms. The van der Waals surface area contributed by atoms with E-state index in [1.807, 2.05) is 6.08 Å². The van der Waals surface area contributed by atoms with Gasteiger partial charge in [0, 0.05) is 17.1 Å². The number of imide groups is 1. The quantitative estimate of drug-likeness (QED) is 0.268. The van der Waals surface area contributed by atoms with Crippen LogP contribution in [0.1, 0.15) is 23.1 Å². The normalized spacial score (nSPS) is 22.0. The van der Waals surface area contributed by atoms with Crippen LogP contribution in [-0.4, -0.2) is 34.0 Å². The number of hydrogen-bond acceptors (Lipinski definition) is 6. The molecule has 2 N–H and O–H groups in total. The number of nitrogens with zero attached hydrogens (tertiary/aromatic N) is 2. The Morgan fingerprint density at radius 3 is 2.51 bits per heavy atom. The van der Waals surface area contributed by atoms with E-state index < -0.39 is 45.8 Å². The van der Waals surface area contributed by atoms with Crippen LogP contribution >= 0.6 is 23.2 Å². The van der Waals surface area contributed by atoms with Crippen molar-refractivity contribution < 1.29 is 32.6 Å². The maximum Gasteiger partial charge on any atom is 0.417 e. The molecule has 43 heavy (non-hydrogen) atoms. The van der Waals surface area contributed by atoms with Crippen LogP contribution in [0.2, 0.25) is 10.0 Å². The fourth-order valence-corrected chi connectivity index (χ4v) is 5.99. The Bertz CT molecular complexity index is 1670. The Morgan fingerprint density at radius 1 is 1.16 bits per heavy atom. The smallest absolute Gasteiger partial charge is 0.417 e. The number of phenols is 1. The van der Waals surface area contributed by atoms with Crippen LogP contribution < -0.4 is 10.2 Å². The molecule has 0 radical (unpaired) electrons. The number of rotatable bonds is 7. The Kier molecular flexibility index (Phi) is 8.02. The molecule has 3 aromatic rings. The minimum atomic E-state index is -4.68. The number of hydrogen-bond donors (Lipinski definition) is 2. The number of allylic oxidation sites excluding steroid dienone is 4. The lowest BCUT2D eigenvalue weighted by atomic mass is 9.57. The third-order valence-corrected chi connectivity index (χ3v) is 8.23. The first-order chi connectivity index (χ1) is 20.4. The molecule has 2 amide bonds. The minimum absolute atomic E-state index is 0.0458. The molecule has 12 heteroatoms. The Balaban J connectivity index is 1.63. The maximum atomic E-state index is 14.5. The van der Waals surface area contributed by atoms with Gasteiger partial charge in [-0.3, -0.25) is 15.0 Å². The summed E-state index contributed by atoms with van der Waals surface area (Å²) in [5.74, 6) is -2.98. The van der Waals surface area contributed by atoms with Crippen LogP contribution in [0.4, 0.5) is 19.0 Å². The van der Waals surface area contributed by atoms with Gasteiger partial charge in [-0.1, -0.05) is 72.3 Å². The molecule has 1 saturated heterocycles. The second-order valence-electron chi connectivity index (χ2n) is 9.98. The van der Waals surface area contributed by atoms with Gasteiger partial charge in [-0.2, -0.15) is 18.2 Å². The van der Waals surface area contributed by atoms with Gasteiger partial charge in [0.15, 0.2) is 17.3 Å². The second-order valence-corrected chi connectivity index (χ2v) is 10.8. The first-order valence-corrected chi connectivity index (χ1v) is 13.7. The summed E-state index contributed by atoms with van der Waals surface area (Å²) in [4.78, 5) is 32.2. The number of amides is 2. The summed E-state index contributed by atoms with van der Waals surface area (Å²) >= 11 is 12.3. The number of aromatic nitrogens is 1. The summed E-state index contributed by atoms with van der Waals surface area (Å²) < 4.78 is 44.7. The number of alkyl halides is 3. The van der Waals surface area contributed by atoms with Gasteiger partial charge in [-0.25, -0.2) is 4.98 Å². The van der Waals surface area contributed by atoms with Crippen LogP contribution in [-0.2, 0) is 21.2 Å². The maximum absolute atomic E-state index is 14.5. The van der Waals surface area contributed by atoms with Gasteiger partial charge < -0.3 is 9.84 Å². The SMILES string of the molecule is C=CC1=CC[C@H]2C(=O)N(Nc3ncc(C(F)(F)F)cc3Cl)C(=O)[C@@]2(c2ccc(Cl)cc2)[C@H]1C=Cc1ccc(O)c(OC)c1. The molecule has 5 rings (SSSR count). The van der Waals surface area contributed by atoms with Crippen molar-refractivity contribution in [3.05, 3.63) is 112 Å². The summed E-state index contributed by atoms with van der Waals surface area (Å²) in [7, 11) is 1.42. The van der Waals surface area contributed by atoms with E-state index in [-0.39, 0.29) is 23.7 Å². The highest BCUT2D eigenvalue weighted by Gasteiger charge is 2.65. The standard InChI is InChI=1S/C31H24Cl2F3N3O4/c1-3-18-6-12-23-28(41)39(38-27-24(33)15-20(16-37-27)31(34,35)36)29(42)30(23,19-7-9-21(32)10-8-19)22(18)11-4-17-5-13-25(40)26(14-17)43-2/h3-11,13-16,22-23,40H,1,12H2,2H3,(H,37,38)/t22-,23-,30-/m0/s1. The first kappa shape index (κ1) is 30.2. The van der Waals surface area contributed by atoms with Crippen LogP contribution in [0, 0.1) is 11.8 Å². The number of halogens is 5. The number of carbonyl (C=O) groups is 2. The molecular weight excluding hydrogens is 606 g/mol. The van der Waals surface area contributed by atoms with Gasteiger partial charge in [0.25, 0.3) is 11.8 Å². The number of methoxy groups -OCH3 is 1. The number of fused-ring (bicyclic) bond motifs is 1. The van der Waals surface area contributed by atoms with Gasteiger partial charge in [0.05, 0.1) is 29.0 Å². The van der Waals surface area contributed by atoms with Crippen molar-refractivity contribution in [1.82, 2.24) is 9.99 Å². The largest absolute Gasteiger partial charge is 0.504 e. The molecule has 0 saturated carbocycles. The van der Waals surface area contributed by atoms with E-state index in [9.17, 15) is 27.9 Å². The lowest BCUT2D eigenvalue weighted by molar-refractivity contribution is -0.139. The minimum Gasteiger partial charge on any atom is -0.504 e. The number of carbonyl (C=O) groups excluding carboxylic acids is 2. The third kappa shape index (κ3) is 5.25. The van der Waals surface area contributed by atoms with Gasteiger partial charge in [0.1, 0.15) is 0 Å². The van der Waals surface area contributed by atoms with Crippen molar-refractivity contribution in [2.45, 2.75) is 18.0 Å². The number of hydrazine groups is 1. The van der Waals surface area contributed by atoms with E-state index in [0.29, 0.717) is 34.0 Å². The lowest BCUT2D eigenvalue weighted by Gasteiger charge is -2.41. The zero-order valence-corrected chi connectivity index (χ0v) is 24.0. The van der Waals surface area contributed by atoms with Crippen LogP contribution in [0.5, 0.6) is 11.5 Å². The molecular formula is C31H24Cl2F3N3O4. The average Bonchev–Trinajstić information content (AvgIpc) is 3.19. The van der Waals surface area contributed by atoms with Gasteiger partial charge in [-0.05, 0) is 53.5 Å². The molecule has 2 heterocycles. The number of pyridine rings is 1. The lowest BCUT2D eigenvalue weighted by Crippen LogP contribution is -2.49. The predicted molar refractivity (Wildman–Crippen MR) is 156 cm³/mol. The third-order valence-electron chi connectivity index (χ3n) is 7.69. The van der Waals surface area contributed by atoms with E-state index in [1.165, 1.54) is 13.2 Å². The molecule has 3 atom stereocenters. The molecule has 222 valence electrons. The molecule has 1 fully saturated rings. The molecule has 0 spiro atoms. The van der Waals surface area contributed by atoms with Gasteiger partial charge in [0.2, 0.25) is 0 Å². The summed E-state index contributed by atoms with van der Waals surface area (Å²) in [6.07, 6.45) is 3.02. The zero-order chi connectivity index (χ0) is 31.1. The first-order valence-electron chi connectivity index (χ1n) is 12.9. The number of phenolic OH excluding ortho intramolecular Hbond substituents is 1. The predicted octanol–water partition coefficient (Wildman–Crippen LogP) is 7.22. The fourth-order valence-electron chi connectivity index (χ4n) is 5.66. The number of ether oxygens (including phenoxy) is 1. The van der Waals surface area contributed by atoms with Crippen molar-refractivity contribution in [2.75, 3.05) is 12.5 Å². The Hall–Kier alpha value is -4.28. The topological polar surface area (TPSA) is 91.8 Å². The van der Waals surface area contributed by atoms with Crippen molar-refractivity contribution in [2.24, 2.45) is 11.8 Å². The van der Waals surface area contributed by atoms with E-state index in [1.54, 1.807) is 54.6 Å². The average molecular weight is 630 g/mol. The fraction of sp³-hybridized carbons (Fsp3) is 0.194. The molecule has 2 aromatic carbocycles. The summed E-state index contributed by atoms with van der Waals surface area (Å²) in [6.45, 7) is 3.93. The van der Waals surface area contributed by atoms with Crippen molar-refractivity contribution in [1.29, 1.82) is 0 Å². The summed E-state index contributed by atoms with van der Waals surface area (Å²) in [5.41, 5.74) is 1.84. The van der Waals surface area contributed by atoms with Gasteiger partial charge >= 0.3 is 6.18 Å².